The van der Waals surface area contributed by atoms with Gasteiger partial charge in [-0.05, 0) is 68.7 Å². The van der Waals surface area contributed by atoms with Crippen molar-refractivity contribution in [2.24, 2.45) is 0 Å². The van der Waals surface area contributed by atoms with Gasteiger partial charge in [0.2, 0.25) is 0 Å². The van der Waals surface area contributed by atoms with Crippen molar-refractivity contribution in [3.63, 3.8) is 0 Å². The van der Waals surface area contributed by atoms with Crippen LogP contribution in [0.1, 0.15) is 38.4 Å². The van der Waals surface area contributed by atoms with Crippen LogP contribution in [0.25, 0.3) is 16.6 Å². The number of aryl methyl sites for hydroxylation is 3. The molecule has 1 atom stereocenters. The third-order valence-electron chi connectivity index (χ3n) is 6.99. The molecule has 1 saturated heterocycles. The molecule has 0 saturated carbocycles. The molecule has 1 aliphatic heterocycles. The minimum Gasteiger partial charge on any atom is -0.361 e. The number of aromatic nitrogens is 2. The summed E-state index contributed by atoms with van der Waals surface area (Å²) in [5, 5.41) is 3.76. The van der Waals surface area contributed by atoms with Crippen molar-refractivity contribution in [1.29, 1.82) is 0 Å². The Morgan fingerprint density at radius 3 is 2.51 bits per heavy atom. The lowest BCUT2D eigenvalue weighted by atomic mass is 10.0. The lowest BCUT2D eigenvalue weighted by molar-refractivity contribution is -0.127. The van der Waals surface area contributed by atoms with Gasteiger partial charge in [-0.2, -0.15) is 0 Å². The van der Waals surface area contributed by atoms with Crippen LogP contribution in [0.4, 0.5) is 4.79 Å². The number of urea groups is 1. The number of nitrogens with one attached hydrogen (secondary N) is 2. The fourth-order valence-electron chi connectivity index (χ4n) is 4.92. The van der Waals surface area contributed by atoms with Crippen LogP contribution in [-0.2, 0) is 11.2 Å². The number of hydrogen-bond donors (Lipinski definition) is 2. The van der Waals surface area contributed by atoms with E-state index in [0.717, 1.165) is 38.4 Å². The molecule has 0 unspecified atom stereocenters. The number of rotatable bonds is 6. The van der Waals surface area contributed by atoms with Gasteiger partial charge in [-0.25, -0.2) is 4.79 Å². The van der Waals surface area contributed by atoms with Crippen molar-refractivity contribution in [3.05, 3.63) is 88.4 Å². The first kappa shape index (κ1) is 22.7. The van der Waals surface area contributed by atoms with Crippen LogP contribution >= 0.6 is 0 Å². The summed E-state index contributed by atoms with van der Waals surface area (Å²) in [6, 6.07) is 14.6. The molecule has 2 aromatic carbocycles. The first-order valence-corrected chi connectivity index (χ1v) is 11.7. The number of aromatic amines is 1. The van der Waals surface area contributed by atoms with Crippen LogP contribution in [0, 0.1) is 27.7 Å². The zero-order valence-corrected chi connectivity index (χ0v) is 20.3. The van der Waals surface area contributed by atoms with E-state index in [-0.39, 0.29) is 18.2 Å². The zero-order valence-electron chi connectivity index (χ0n) is 20.3. The molecular weight excluding hydrogens is 440 g/mol. The normalized spacial score (nSPS) is 15.8. The number of carbonyl (C=O) groups is 3. The van der Waals surface area contributed by atoms with Crippen LogP contribution in [0.2, 0.25) is 0 Å². The maximum absolute atomic E-state index is 13.2. The van der Waals surface area contributed by atoms with Gasteiger partial charge in [-0.1, -0.05) is 24.3 Å². The number of para-hydroxylation sites is 1. The molecule has 2 N–H and O–H groups in total. The molecule has 3 amide bonds. The van der Waals surface area contributed by atoms with E-state index in [4.69, 9.17) is 0 Å². The molecular formula is C28H28N4O3. The largest absolute Gasteiger partial charge is 0.361 e. The molecule has 2 aromatic heterocycles. The summed E-state index contributed by atoms with van der Waals surface area (Å²) in [4.78, 5) is 43.2. The van der Waals surface area contributed by atoms with E-state index in [1.54, 1.807) is 0 Å². The van der Waals surface area contributed by atoms with E-state index >= 15 is 0 Å². The number of H-pyrrole nitrogens is 1. The maximum Gasteiger partial charge on any atom is 0.325 e. The third-order valence-corrected chi connectivity index (χ3v) is 6.99. The Kier molecular flexibility index (Phi) is 5.55. The third kappa shape index (κ3) is 3.93. The average molecular weight is 469 g/mol. The Bertz CT molecular complexity index is 1490. The van der Waals surface area contributed by atoms with Crippen LogP contribution in [-0.4, -0.2) is 44.8 Å². The highest BCUT2D eigenvalue weighted by atomic mass is 16.2. The fourth-order valence-corrected chi connectivity index (χ4v) is 4.92. The number of amides is 3. The van der Waals surface area contributed by atoms with Gasteiger partial charge in [0.05, 0.1) is 6.54 Å². The lowest BCUT2D eigenvalue weighted by Gasteiger charge is -2.14. The zero-order chi connectivity index (χ0) is 24.9. The second kappa shape index (κ2) is 8.58. The molecule has 4 aromatic rings. The summed E-state index contributed by atoms with van der Waals surface area (Å²) in [6.45, 7) is 7.67. The van der Waals surface area contributed by atoms with Crippen LogP contribution < -0.4 is 5.32 Å². The number of nitrogens with zero attached hydrogens (tertiary/aromatic N) is 2. The summed E-state index contributed by atoms with van der Waals surface area (Å²) in [5.74, 6) is -0.638. The molecule has 0 aliphatic carbocycles. The topological polar surface area (TPSA) is 87.2 Å². The Labute approximate surface area is 203 Å². The second-order valence-electron chi connectivity index (χ2n) is 9.30. The first-order chi connectivity index (χ1) is 16.7. The Balaban J connectivity index is 1.35. The van der Waals surface area contributed by atoms with Crippen molar-refractivity contribution in [3.8, 4) is 5.69 Å². The van der Waals surface area contributed by atoms with Crippen molar-refractivity contribution < 1.29 is 14.4 Å². The monoisotopic (exact) mass is 468 g/mol. The Hall–Kier alpha value is -4.13. The van der Waals surface area contributed by atoms with Gasteiger partial charge in [-0.15, -0.1) is 0 Å². The molecule has 0 radical (unpaired) electrons. The number of benzene rings is 2. The predicted molar refractivity (Wildman–Crippen MR) is 135 cm³/mol. The van der Waals surface area contributed by atoms with Gasteiger partial charge in [0.25, 0.3) is 5.91 Å². The number of ketones is 1. The number of hydrogen-bond acceptors (Lipinski definition) is 3. The van der Waals surface area contributed by atoms with E-state index in [0.29, 0.717) is 12.0 Å². The van der Waals surface area contributed by atoms with E-state index in [2.05, 4.69) is 36.3 Å². The summed E-state index contributed by atoms with van der Waals surface area (Å²) in [6.07, 6.45) is 2.22. The highest BCUT2D eigenvalue weighted by molar-refractivity contribution is 6.09. The smallest absolute Gasteiger partial charge is 0.325 e. The van der Waals surface area contributed by atoms with E-state index in [1.165, 1.54) is 11.1 Å². The SMILES string of the molecule is Cc1ccc(-n2c(C)cc(C(=O)CN3C(=O)N[C@@H](Cc4c[nH]c5ccccc45)C3=O)c2C)cc1C. The molecule has 0 spiro atoms. The molecule has 1 aliphatic rings. The van der Waals surface area contributed by atoms with Crippen molar-refractivity contribution in [1.82, 2.24) is 19.8 Å². The second-order valence-corrected chi connectivity index (χ2v) is 9.30. The highest BCUT2D eigenvalue weighted by Gasteiger charge is 2.39. The maximum atomic E-state index is 13.2. The van der Waals surface area contributed by atoms with Gasteiger partial charge < -0.3 is 14.9 Å². The average Bonchev–Trinajstić information content (AvgIpc) is 3.46. The van der Waals surface area contributed by atoms with Crippen molar-refractivity contribution >= 4 is 28.6 Å². The van der Waals surface area contributed by atoms with Crippen molar-refractivity contribution in [2.45, 2.75) is 40.2 Å². The number of fused-ring (bicyclic) bond motifs is 1. The van der Waals surface area contributed by atoms with Gasteiger partial charge in [0.15, 0.2) is 5.78 Å². The molecule has 3 heterocycles. The number of imide groups is 1. The van der Waals surface area contributed by atoms with E-state index in [1.807, 2.05) is 61.0 Å². The van der Waals surface area contributed by atoms with E-state index < -0.39 is 12.1 Å². The van der Waals surface area contributed by atoms with Gasteiger partial charge in [0.1, 0.15) is 6.04 Å². The molecule has 7 nitrogen and oxygen atoms in total. The lowest BCUT2D eigenvalue weighted by Crippen LogP contribution is -2.36. The van der Waals surface area contributed by atoms with Crippen molar-refractivity contribution in [2.75, 3.05) is 6.54 Å². The minimum absolute atomic E-state index is 0.260. The summed E-state index contributed by atoms with van der Waals surface area (Å²) >= 11 is 0. The van der Waals surface area contributed by atoms with Crippen LogP contribution in [0.5, 0.6) is 0 Å². The van der Waals surface area contributed by atoms with E-state index in [9.17, 15) is 14.4 Å². The summed E-state index contributed by atoms with van der Waals surface area (Å²) in [7, 11) is 0. The predicted octanol–water partition coefficient (Wildman–Crippen LogP) is 4.54. The first-order valence-electron chi connectivity index (χ1n) is 11.7. The van der Waals surface area contributed by atoms with Gasteiger partial charge in [-0.3, -0.25) is 14.5 Å². The van der Waals surface area contributed by atoms with Crippen LogP contribution in [0.15, 0.2) is 54.7 Å². The van der Waals surface area contributed by atoms with Gasteiger partial charge in [0, 0.05) is 46.2 Å². The molecule has 35 heavy (non-hydrogen) atoms. The number of Topliss-reactive ketones (excluding diaryl/α,β-unsaturated/α-hetero) is 1. The Morgan fingerprint density at radius 1 is 0.971 bits per heavy atom. The standard InChI is InChI=1S/C28H28N4O3/c1-16-9-10-21(11-17(16)2)32-18(3)12-23(19(32)4)26(33)15-31-27(34)25(30-28(31)35)13-20-14-29-24-8-6-5-7-22(20)24/h5-12,14,25,29H,13,15H2,1-4H3,(H,30,35)/t25-/m0/s1. The summed E-state index contributed by atoms with van der Waals surface area (Å²) < 4.78 is 2.03. The van der Waals surface area contributed by atoms with Gasteiger partial charge >= 0.3 is 6.03 Å². The molecule has 1 fully saturated rings. The fraction of sp³-hybridized carbons (Fsp3) is 0.250. The highest BCUT2D eigenvalue weighted by Crippen LogP contribution is 2.25. The molecule has 0 bridgehead atoms. The Morgan fingerprint density at radius 2 is 1.74 bits per heavy atom. The minimum atomic E-state index is -0.697. The quantitative estimate of drug-likeness (QED) is 0.322. The molecule has 178 valence electrons. The molecule has 7 heteroatoms. The molecule has 5 rings (SSSR count). The van der Waals surface area contributed by atoms with Crippen LogP contribution in [0.3, 0.4) is 0 Å². The number of carbonyl (C=O) groups excluding carboxylic acids is 3. The summed E-state index contributed by atoms with van der Waals surface area (Å²) in [5.41, 5.74) is 7.51.